The van der Waals surface area contributed by atoms with Gasteiger partial charge >= 0.3 is 0 Å². The second kappa shape index (κ2) is 6.93. The van der Waals surface area contributed by atoms with E-state index in [0.717, 1.165) is 11.7 Å². The number of hydrogen-bond acceptors (Lipinski definition) is 2. The van der Waals surface area contributed by atoms with Gasteiger partial charge in [-0.3, -0.25) is 4.99 Å². The van der Waals surface area contributed by atoms with Gasteiger partial charge in [0.15, 0.2) is 5.17 Å². The molecule has 0 amide bonds. The van der Waals surface area contributed by atoms with Gasteiger partial charge < -0.3 is 5.32 Å². The maximum Gasteiger partial charge on any atom is 0.156 e. The van der Waals surface area contributed by atoms with E-state index in [2.05, 4.69) is 10.3 Å². The van der Waals surface area contributed by atoms with Crippen LogP contribution in [0.1, 0.15) is 20.3 Å². The number of nitrogens with zero attached hydrogens (tertiary/aromatic N) is 1. The molecule has 1 heterocycles. The molecule has 1 rings (SSSR count). The Morgan fingerprint density at radius 2 is 2.20 bits per heavy atom. The molecule has 1 saturated heterocycles. The van der Waals surface area contributed by atoms with Crippen molar-refractivity contribution in [2.45, 2.75) is 20.3 Å². The van der Waals surface area contributed by atoms with Crippen molar-refractivity contribution < 1.29 is 0 Å². The number of amidine groups is 1. The lowest BCUT2D eigenvalue weighted by Gasteiger charge is -2.12. The van der Waals surface area contributed by atoms with Gasteiger partial charge in [-0.2, -0.15) is 0 Å². The zero-order valence-electron chi connectivity index (χ0n) is 6.98. The maximum atomic E-state index is 4.02. The third-order valence-electron chi connectivity index (χ3n) is 1.04. The van der Waals surface area contributed by atoms with Crippen LogP contribution in [0.5, 0.6) is 0 Å². The molecular formula is C7H16N2S. The maximum absolute atomic E-state index is 4.02. The minimum absolute atomic E-state index is 1.09. The SMILES string of the molecule is CC.CN=C1NCCCS1. The van der Waals surface area contributed by atoms with Crippen molar-refractivity contribution in [3.63, 3.8) is 0 Å². The average molecular weight is 160 g/mol. The van der Waals surface area contributed by atoms with Crippen molar-refractivity contribution in [2.24, 2.45) is 4.99 Å². The highest BCUT2D eigenvalue weighted by atomic mass is 32.2. The summed E-state index contributed by atoms with van der Waals surface area (Å²) in [5.41, 5.74) is 0. The molecule has 0 aromatic heterocycles. The van der Waals surface area contributed by atoms with Crippen LogP contribution in [0.2, 0.25) is 0 Å². The Labute approximate surface area is 67.5 Å². The monoisotopic (exact) mass is 160 g/mol. The molecule has 2 nitrogen and oxygen atoms in total. The molecule has 1 aliphatic rings. The molecule has 1 N–H and O–H groups in total. The van der Waals surface area contributed by atoms with Gasteiger partial charge in [0.05, 0.1) is 0 Å². The normalized spacial score (nSPS) is 20.9. The molecule has 0 aliphatic carbocycles. The summed E-state index contributed by atoms with van der Waals surface area (Å²) in [6.07, 6.45) is 1.27. The summed E-state index contributed by atoms with van der Waals surface area (Å²) in [6.45, 7) is 5.10. The molecule has 0 spiro atoms. The van der Waals surface area contributed by atoms with Crippen LogP contribution in [0.3, 0.4) is 0 Å². The molecule has 0 atom stereocenters. The zero-order chi connectivity index (χ0) is 7.82. The highest BCUT2D eigenvalue weighted by Crippen LogP contribution is 2.07. The fourth-order valence-electron chi connectivity index (χ4n) is 0.631. The van der Waals surface area contributed by atoms with Crippen LogP contribution < -0.4 is 5.32 Å². The number of rotatable bonds is 0. The Bertz CT molecular complexity index is 93.8. The van der Waals surface area contributed by atoms with Gasteiger partial charge in [0.1, 0.15) is 0 Å². The first-order chi connectivity index (χ1) is 4.93. The van der Waals surface area contributed by atoms with Gasteiger partial charge in [0.2, 0.25) is 0 Å². The molecule has 3 heteroatoms. The molecule has 0 saturated carbocycles. The zero-order valence-corrected chi connectivity index (χ0v) is 7.79. The molecule has 0 aromatic carbocycles. The Hall–Kier alpha value is -0.180. The van der Waals surface area contributed by atoms with Gasteiger partial charge in [-0.1, -0.05) is 25.6 Å². The van der Waals surface area contributed by atoms with Crippen molar-refractivity contribution in [1.29, 1.82) is 0 Å². The molecule has 0 bridgehead atoms. The standard InChI is InChI=1S/C5H10N2S.C2H6/c1-6-5-7-3-2-4-8-5;1-2/h2-4H2,1H3,(H,6,7);1-2H3. The second-order valence-corrected chi connectivity index (χ2v) is 2.74. The van der Waals surface area contributed by atoms with E-state index < -0.39 is 0 Å². The smallest absolute Gasteiger partial charge is 0.156 e. The molecule has 1 aliphatic heterocycles. The predicted molar refractivity (Wildman–Crippen MR) is 49.8 cm³/mol. The minimum Gasteiger partial charge on any atom is -0.365 e. The third-order valence-corrected chi connectivity index (χ3v) is 2.13. The van der Waals surface area contributed by atoms with Crippen LogP contribution in [0, 0.1) is 0 Å². The Balaban J connectivity index is 0.000000371. The van der Waals surface area contributed by atoms with E-state index in [1.807, 2.05) is 20.9 Å². The first-order valence-corrected chi connectivity index (χ1v) is 4.75. The van der Waals surface area contributed by atoms with E-state index in [4.69, 9.17) is 0 Å². The van der Waals surface area contributed by atoms with Crippen LogP contribution in [-0.4, -0.2) is 24.5 Å². The number of aliphatic imine (C=N–C) groups is 1. The number of thioether (sulfide) groups is 1. The molecule has 0 unspecified atom stereocenters. The van der Waals surface area contributed by atoms with Crippen LogP contribution in [0.4, 0.5) is 0 Å². The van der Waals surface area contributed by atoms with Crippen LogP contribution in [0.15, 0.2) is 4.99 Å². The predicted octanol–water partition coefficient (Wildman–Crippen LogP) is 1.72. The molecule has 0 radical (unpaired) electrons. The quantitative estimate of drug-likeness (QED) is 0.583. The van der Waals surface area contributed by atoms with E-state index in [9.17, 15) is 0 Å². The van der Waals surface area contributed by atoms with Crippen LogP contribution in [0.25, 0.3) is 0 Å². The summed E-state index contributed by atoms with van der Waals surface area (Å²) >= 11 is 1.80. The first kappa shape index (κ1) is 9.82. The minimum atomic E-state index is 1.09. The second-order valence-electron chi connectivity index (χ2n) is 1.66. The van der Waals surface area contributed by atoms with Gasteiger partial charge in [-0.15, -0.1) is 0 Å². The fraction of sp³-hybridized carbons (Fsp3) is 0.857. The highest BCUT2D eigenvalue weighted by molar-refractivity contribution is 8.13. The van der Waals surface area contributed by atoms with Gasteiger partial charge in [0.25, 0.3) is 0 Å². The van der Waals surface area contributed by atoms with Gasteiger partial charge in [-0.25, -0.2) is 0 Å². The largest absolute Gasteiger partial charge is 0.365 e. The van der Waals surface area contributed by atoms with Gasteiger partial charge in [0, 0.05) is 19.3 Å². The van der Waals surface area contributed by atoms with E-state index in [1.165, 1.54) is 12.2 Å². The van der Waals surface area contributed by atoms with Crippen LogP contribution >= 0.6 is 11.8 Å². The van der Waals surface area contributed by atoms with Crippen molar-refractivity contribution in [1.82, 2.24) is 5.32 Å². The summed E-state index contributed by atoms with van der Waals surface area (Å²) in [4.78, 5) is 4.02. The van der Waals surface area contributed by atoms with Crippen molar-refractivity contribution >= 4 is 16.9 Å². The Kier molecular flexibility index (Phi) is 6.81. The van der Waals surface area contributed by atoms with Crippen molar-refractivity contribution in [3.05, 3.63) is 0 Å². The number of nitrogens with one attached hydrogen (secondary N) is 1. The third kappa shape index (κ3) is 3.77. The molecular weight excluding hydrogens is 144 g/mol. The van der Waals surface area contributed by atoms with Crippen molar-refractivity contribution in [3.8, 4) is 0 Å². The topological polar surface area (TPSA) is 24.4 Å². The average Bonchev–Trinajstić information content (AvgIpc) is 2.10. The number of hydrogen-bond donors (Lipinski definition) is 1. The summed E-state index contributed by atoms with van der Waals surface area (Å²) in [6, 6.07) is 0. The van der Waals surface area contributed by atoms with Crippen molar-refractivity contribution in [2.75, 3.05) is 19.3 Å². The molecule has 60 valence electrons. The lowest BCUT2D eigenvalue weighted by molar-refractivity contribution is 0.842. The summed E-state index contributed by atoms with van der Waals surface area (Å²) in [5.74, 6) is 1.22. The lowest BCUT2D eigenvalue weighted by Crippen LogP contribution is -2.26. The summed E-state index contributed by atoms with van der Waals surface area (Å²) < 4.78 is 0. The van der Waals surface area contributed by atoms with E-state index in [0.29, 0.717) is 0 Å². The summed E-state index contributed by atoms with van der Waals surface area (Å²) in [5, 5.41) is 4.28. The molecule has 10 heavy (non-hydrogen) atoms. The molecule has 1 fully saturated rings. The highest BCUT2D eigenvalue weighted by Gasteiger charge is 2.02. The Morgan fingerprint density at radius 3 is 2.50 bits per heavy atom. The van der Waals surface area contributed by atoms with Crippen LogP contribution in [-0.2, 0) is 0 Å². The Morgan fingerprint density at radius 1 is 1.50 bits per heavy atom. The lowest BCUT2D eigenvalue weighted by atomic mass is 10.5. The fourth-order valence-corrected chi connectivity index (χ4v) is 1.45. The molecule has 0 aromatic rings. The summed E-state index contributed by atoms with van der Waals surface area (Å²) in [7, 11) is 1.82. The van der Waals surface area contributed by atoms with E-state index in [-0.39, 0.29) is 0 Å². The van der Waals surface area contributed by atoms with E-state index in [1.54, 1.807) is 11.8 Å². The first-order valence-electron chi connectivity index (χ1n) is 3.77. The van der Waals surface area contributed by atoms with Gasteiger partial charge in [-0.05, 0) is 6.42 Å². The van der Waals surface area contributed by atoms with E-state index >= 15 is 0 Å².